The Kier molecular flexibility index (Phi) is 3.65. The lowest BCUT2D eigenvalue weighted by molar-refractivity contribution is -0.118. The van der Waals surface area contributed by atoms with E-state index >= 15 is 0 Å². The Morgan fingerprint density at radius 1 is 1.33 bits per heavy atom. The van der Waals surface area contributed by atoms with Crippen molar-refractivity contribution in [3.05, 3.63) is 0 Å². The van der Waals surface area contributed by atoms with Crippen molar-refractivity contribution < 1.29 is 4.74 Å². The predicted octanol–water partition coefficient (Wildman–Crippen LogP) is 1.08. The molecular weight excluding hydrogens is 188 g/mol. The molecule has 3 heteroatoms. The first-order valence-electron chi connectivity index (χ1n) is 6.20. The zero-order valence-electron chi connectivity index (χ0n) is 9.87. The van der Waals surface area contributed by atoms with E-state index < -0.39 is 0 Å². The van der Waals surface area contributed by atoms with Gasteiger partial charge < -0.3 is 15.4 Å². The molecule has 0 aromatic heterocycles. The zero-order chi connectivity index (χ0) is 10.7. The summed E-state index contributed by atoms with van der Waals surface area (Å²) in [4.78, 5) is 2.46. The van der Waals surface area contributed by atoms with E-state index in [1.807, 2.05) is 0 Å². The van der Waals surface area contributed by atoms with Crippen molar-refractivity contribution in [3.63, 3.8) is 0 Å². The van der Waals surface area contributed by atoms with E-state index in [2.05, 4.69) is 11.9 Å². The molecule has 2 rings (SSSR count). The fourth-order valence-electron chi connectivity index (χ4n) is 2.94. The van der Waals surface area contributed by atoms with Crippen LogP contribution in [0.5, 0.6) is 0 Å². The van der Waals surface area contributed by atoms with Crippen molar-refractivity contribution in [2.24, 2.45) is 17.1 Å². The number of nitrogens with two attached hydrogens (primary N) is 1. The van der Waals surface area contributed by atoms with Crippen molar-refractivity contribution in [2.75, 3.05) is 39.9 Å². The lowest BCUT2D eigenvalue weighted by Gasteiger charge is -2.43. The Bertz CT molecular complexity index is 192. The monoisotopic (exact) mass is 212 g/mol. The summed E-state index contributed by atoms with van der Waals surface area (Å²) >= 11 is 0. The van der Waals surface area contributed by atoms with Gasteiger partial charge in [0.1, 0.15) is 0 Å². The summed E-state index contributed by atoms with van der Waals surface area (Å²) in [6, 6.07) is 0. The lowest BCUT2D eigenvalue weighted by atomic mass is 9.85. The van der Waals surface area contributed by atoms with Crippen LogP contribution in [0.2, 0.25) is 0 Å². The summed E-state index contributed by atoms with van der Waals surface area (Å²) in [5.41, 5.74) is 6.09. The Balaban J connectivity index is 1.73. The third kappa shape index (κ3) is 2.71. The highest BCUT2D eigenvalue weighted by Gasteiger charge is 2.38. The molecule has 0 spiro atoms. The molecule has 0 aromatic carbocycles. The molecule has 0 aromatic rings. The van der Waals surface area contributed by atoms with Crippen LogP contribution in [0.3, 0.4) is 0 Å². The largest absolute Gasteiger partial charge is 0.380 e. The van der Waals surface area contributed by atoms with Crippen LogP contribution >= 0.6 is 0 Å². The van der Waals surface area contributed by atoms with Crippen molar-refractivity contribution in [2.45, 2.75) is 25.7 Å². The van der Waals surface area contributed by atoms with Crippen LogP contribution in [-0.2, 0) is 4.74 Å². The number of rotatable bonds is 5. The molecule has 2 N–H and O–H groups in total. The third-order valence-corrected chi connectivity index (χ3v) is 3.90. The molecule has 1 aliphatic carbocycles. The second kappa shape index (κ2) is 4.81. The van der Waals surface area contributed by atoms with Crippen molar-refractivity contribution >= 4 is 0 Å². The average Bonchev–Trinajstić information content (AvgIpc) is 2.64. The number of ether oxygens (including phenoxy) is 1. The first kappa shape index (κ1) is 11.4. The van der Waals surface area contributed by atoms with Gasteiger partial charge in [-0.3, -0.25) is 0 Å². The summed E-state index contributed by atoms with van der Waals surface area (Å²) in [5, 5.41) is 0. The Hall–Kier alpha value is -0.120. The van der Waals surface area contributed by atoms with Crippen LogP contribution in [0.25, 0.3) is 0 Å². The van der Waals surface area contributed by atoms with Crippen molar-refractivity contribution in [1.82, 2.24) is 4.90 Å². The van der Waals surface area contributed by atoms with Gasteiger partial charge in [-0.05, 0) is 25.8 Å². The van der Waals surface area contributed by atoms with E-state index in [0.29, 0.717) is 0 Å². The number of hydrogen-bond acceptors (Lipinski definition) is 3. The smallest absolute Gasteiger partial charge is 0.0569 e. The normalized spacial score (nSPS) is 25.8. The molecule has 0 bridgehead atoms. The number of nitrogens with zero attached hydrogens (tertiary/aromatic N) is 1. The summed E-state index contributed by atoms with van der Waals surface area (Å²) in [6.45, 7) is 4.85. The molecule has 2 fully saturated rings. The topological polar surface area (TPSA) is 38.5 Å². The molecule has 2 aliphatic rings. The van der Waals surface area contributed by atoms with E-state index in [9.17, 15) is 0 Å². The fourth-order valence-corrected chi connectivity index (χ4v) is 2.94. The maximum atomic E-state index is 5.82. The molecule has 1 heterocycles. The van der Waals surface area contributed by atoms with Crippen LogP contribution in [0.1, 0.15) is 25.7 Å². The van der Waals surface area contributed by atoms with Crippen LogP contribution < -0.4 is 5.73 Å². The highest BCUT2D eigenvalue weighted by Crippen LogP contribution is 2.29. The van der Waals surface area contributed by atoms with Gasteiger partial charge in [-0.2, -0.15) is 0 Å². The highest BCUT2D eigenvalue weighted by molar-refractivity contribution is 4.89. The van der Waals surface area contributed by atoms with Gasteiger partial charge in [-0.25, -0.2) is 0 Å². The molecule has 0 radical (unpaired) electrons. The lowest BCUT2D eigenvalue weighted by Crippen LogP contribution is -2.55. The van der Waals surface area contributed by atoms with Gasteiger partial charge in [0.2, 0.25) is 0 Å². The maximum Gasteiger partial charge on any atom is 0.0569 e. The SMILES string of the molecule is CN(CC1CCCC1)CC1(CN)COC1. The van der Waals surface area contributed by atoms with Gasteiger partial charge in [0.05, 0.1) is 13.2 Å². The second-order valence-electron chi connectivity index (χ2n) is 5.54. The fraction of sp³-hybridized carbons (Fsp3) is 1.00. The summed E-state index contributed by atoms with van der Waals surface area (Å²) in [5.74, 6) is 0.936. The third-order valence-electron chi connectivity index (χ3n) is 3.90. The minimum atomic E-state index is 0.271. The van der Waals surface area contributed by atoms with E-state index in [-0.39, 0.29) is 5.41 Å². The van der Waals surface area contributed by atoms with Crippen molar-refractivity contribution in [3.8, 4) is 0 Å². The van der Waals surface area contributed by atoms with E-state index in [4.69, 9.17) is 10.5 Å². The van der Waals surface area contributed by atoms with Crippen LogP contribution in [0.15, 0.2) is 0 Å². The Morgan fingerprint density at radius 2 is 2.00 bits per heavy atom. The standard InChI is InChI=1S/C12H24N2O/c1-14(6-11-4-2-3-5-11)8-12(7-13)9-15-10-12/h11H,2-10,13H2,1H3. The summed E-state index contributed by atoms with van der Waals surface area (Å²) in [7, 11) is 2.23. The van der Waals surface area contributed by atoms with E-state index in [0.717, 1.165) is 32.2 Å². The molecule has 1 aliphatic heterocycles. The van der Waals surface area contributed by atoms with Gasteiger partial charge in [0.25, 0.3) is 0 Å². The first-order valence-corrected chi connectivity index (χ1v) is 6.20. The molecule has 15 heavy (non-hydrogen) atoms. The first-order chi connectivity index (χ1) is 7.24. The van der Waals surface area contributed by atoms with Gasteiger partial charge in [0, 0.05) is 25.0 Å². The molecule has 0 amide bonds. The van der Waals surface area contributed by atoms with E-state index in [1.165, 1.54) is 32.2 Å². The molecule has 1 saturated heterocycles. The molecule has 0 atom stereocenters. The van der Waals surface area contributed by atoms with Gasteiger partial charge >= 0.3 is 0 Å². The Labute approximate surface area is 93.0 Å². The van der Waals surface area contributed by atoms with Crippen LogP contribution in [-0.4, -0.2) is 44.8 Å². The summed E-state index contributed by atoms with van der Waals surface area (Å²) in [6.07, 6.45) is 5.72. The minimum Gasteiger partial charge on any atom is -0.380 e. The minimum absolute atomic E-state index is 0.271. The number of hydrogen-bond donors (Lipinski definition) is 1. The maximum absolute atomic E-state index is 5.82. The molecule has 0 unspecified atom stereocenters. The van der Waals surface area contributed by atoms with E-state index in [1.54, 1.807) is 0 Å². The zero-order valence-corrected chi connectivity index (χ0v) is 9.87. The molecule has 3 nitrogen and oxygen atoms in total. The van der Waals surface area contributed by atoms with Crippen molar-refractivity contribution in [1.29, 1.82) is 0 Å². The molecule has 1 saturated carbocycles. The van der Waals surface area contributed by atoms with Crippen LogP contribution in [0.4, 0.5) is 0 Å². The van der Waals surface area contributed by atoms with Gasteiger partial charge in [0.15, 0.2) is 0 Å². The summed E-state index contributed by atoms with van der Waals surface area (Å²) < 4.78 is 5.29. The average molecular weight is 212 g/mol. The Morgan fingerprint density at radius 3 is 2.47 bits per heavy atom. The van der Waals surface area contributed by atoms with Gasteiger partial charge in [-0.15, -0.1) is 0 Å². The second-order valence-corrected chi connectivity index (χ2v) is 5.54. The highest BCUT2D eigenvalue weighted by atomic mass is 16.5. The molecular formula is C12H24N2O. The van der Waals surface area contributed by atoms with Gasteiger partial charge in [-0.1, -0.05) is 12.8 Å². The predicted molar refractivity (Wildman–Crippen MR) is 61.8 cm³/mol. The van der Waals surface area contributed by atoms with Crippen LogP contribution in [0, 0.1) is 11.3 Å². The molecule has 88 valence electrons. The quantitative estimate of drug-likeness (QED) is 0.741.